The second-order valence-corrected chi connectivity index (χ2v) is 13.7. The molecule has 0 aromatic heterocycles. The minimum Gasteiger partial charge on any atom is -0.395 e. The van der Waals surface area contributed by atoms with Gasteiger partial charge in [-0.15, -0.1) is 10.3 Å². The van der Waals surface area contributed by atoms with Crippen molar-refractivity contribution in [2.45, 2.75) is 47.0 Å². The first-order valence-corrected chi connectivity index (χ1v) is 14.5. The maximum atomic E-state index is 14.6. The van der Waals surface area contributed by atoms with Crippen LogP contribution in [0.15, 0.2) is 30.3 Å². The zero-order valence-corrected chi connectivity index (χ0v) is 22.8. The topological polar surface area (TPSA) is 101 Å². The number of aliphatic hydroxyl groups excluding tert-OH is 2. The Hall–Kier alpha value is -2.12. The van der Waals surface area contributed by atoms with E-state index in [9.17, 15) is 98.1 Å². The standard InChI is InChI=1S/C20H17F17O6S2/c21-13(22,15(25,26)17(29,30)19(33,34)35)14(23,24)16(27,28)18(31,32)20(36,37)45(41,42)43-44(8-6-38,9-7-39)10-12(40)11-4-2-1-3-5-11/h1-5,38-39H,6-10H2. The Labute approximate surface area is 241 Å². The third-order valence-electron chi connectivity index (χ3n) is 5.66. The van der Waals surface area contributed by atoms with Crippen molar-refractivity contribution in [1.82, 2.24) is 0 Å². The Morgan fingerprint density at radius 1 is 0.600 bits per heavy atom. The summed E-state index contributed by atoms with van der Waals surface area (Å²) in [6.45, 7) is -2.81. The second-order valence-electron chi connectivity index (χ2n) is 8.74. The molecule has 0 aliphatic rings. The number of benzene rings is 1. The molecule has 0 aliphatic carbocycles. The zero-order valence-electron chi connectivity index (χ0n) is 21.2. The molecule has 0 fully saturated rings. The Morgan fingerprint density at radius 3 is 1.31 bits per heavy atom. The summed E-state index contributed by atoms with van der Waals surface area (Å²) in [4.78, 5) is 12.5. The van der Waals surface area contributed by atoms with Gasteiger partial charge in [0.25, 0.3) is 0 Å². The Morgan fingerprint density at radius 2 is 0.956 bits per heavy atom. The smallest absolute Gasteiger partial charge is 0.395 e. The normalized spacial score (nSPS) is 15.7. The van der Waals surface area contributed by atoms with Gasteiger partial charge in [-0.2, -0.15) is 83.1 Å². The predicted molar refractivity (Wildman–Crippen MR) is 118 cm³/mol. The Balaban J connectivity index is 3.78. The van der Waals surface area contributed by atoms with Gasteiger partial charge in [-0.25, -0.2) is 3.63 Å². The van der Waals surface area contributed by atoms with Gasteiger partial charge in [0, 0.05) is 17.1 Å². The molecular formula is C20H17F17O6S2. The summed E-state index contributed by atoms with van der Waals surface area (Å²) in [5.41, 5.74) is -0.409. The number of aliphatic hydroxyl groups is 2. The molecule has 0 saturated carbocycles. The average molecular weight is 740 g/mol. The molecule has 0 bridgehead atoms. The van der Waals surface area contributed by atoms with E-state index in [1.54, 1.807) is 0 Å². The van der Waals surface area contributed by atoms with Crippen LogP contribution < -0.4 is 0 Å². The SMILES string of the molecule is O=C(CS(CCO)(CCO)OS(=O)(=O)C(F)(F)C(F)(F)C(F)(F)C(F)(F)C(F)(F)C(F)(F)C(F)(F)C(F)(F)F)c1ccccc1. The van der Waals surface area contributed by atoms with Crippen LogP contribution in [0.4, 0.5) is 74.6 Å². The number of carbonyl (C=O) groups is 1. The third kappa shape index (κ3) is 6.54. The van der Waals surface area contributed by atoms with Crippen LogP contribution >= 0.6 is 10.3 Å². The maximum Gasteiger partial charge on any atom is 0.460 e. The van der Waals surface area contributed by atoms with Crippen LogP contribution in [0, 0.1) is 0 Å². The zero-order chi connectivity index (χ0) is 35.9. The molecule has 0 saturated heterocycles. The van der Waals surface area contributed by atoms with Gasteiger partial charge in [0.15, 0.2) is 5.78 Å². The monoisotopic (exact) mass is 740 g/mol. The molecule has 0 heterocycles. The molecule has 0 unspecified atom stereocenters. The molecule has 0 aliphatic heterocycles. The fourth-order valence-corrected chi connectivity index (χ4v) is 8.00. The first-order chi connectivity index (χ1) is 19.8. The summed E-state index contributed by atoms with van der Waals surface area (Å²) < 4.78 is 259. The van der Waals surface area contributed by atoms with Crippen LogP contribution in [0.5, 0.6) is 0 Å². The van der Waals surface area contributed by atoms with Gasteiger partial charge in [0.2, 0.25) is 0 Å². The summed E-state index contributed by atoms with van der Waals surface area (Å²) in [6.07, 6.45) is -7.96. The summed E-state index contributed by atoms with van der Waals surface area (Å²) >= 11 is 0. The number of alkyl halides is 17. The Bertz CT molecular complexity index is 1290. The molecule has 1 aromatic carbocycles. The van der Waals surface area contributed by atoms with Crippen molar-refractivity contribution >= 4 is 26.2 Å². The third-order valence-corrected chi connectivity index (χ3v) is 11.1. The van der Waals surface area contributed by atoms with Gasteiger partial charge in [0.1, 0.15) is 0 Å². The number of hydrogen-bond acceptors (Lipinski definition) is 6. The number of rotatable bonds is 16. The van der Waals surface area contributed by atoms with E-state index in [1.807, 2.05) is 0 Å². The van der Waals surface area contributed by atoms with E-state index in [0.717, 1.165) is 24.3 Å². The average Bonchev–Trinajstić information content (AvgIpc) is 2.87. The largest absolute Gasteiger partial charge is 0.460 e. The van der Waals surface area contributed by atoms with Crippen molar-refractivity contribution in [2.75, 3.05) is 30.5 Å². The Kier molecular flexibility index (Phi) is 11.3. The molecule has 25 heteroatoms. The summed E-state index contributed by atoms with van der Waals surface area (Å²) in [7, 11) is -12.5. The van der Waals surface area contributed by atoms with Crippen molar-refractivity contribution in [3.05, 3.63) is 35.9 Å². The van der Waals surface area contributed by atoms with Gasteiger partial charge in [-0.05, 0) is 0 Å². The van der Waals surface area contributed by atoms with Gasteiger partial charge in [0.05, 0.1) is 19.0 Å². The van der Waals surface area contributed by atoms with Crippen molar-refractivity contribution in [2.24, 2.45) is 0 Å². The van der Waals surface area contributed by atoms with Crippen molar-refractivity contribution in [3.63, 3.8) is 0 Å². The van der Waals surface area contributed by atoms with Crippen LogP contribution in [-0.4, -0.2) is 102 Å². The maximum absolute atomic E-state index is 14.6. The second kappa shape index (κ2) is 12.5. The van der Waals surface area contributed by atoms with E-state index < -0.39 is 109 Å². The number of carbonyl (C=O) groups excluding carboxylic acids is 1. The lowest BCUT2D eigenvalue weighted by Gasteiger charge is -2.43. The highest BCUT2D eigenvalue weighted by Crippen LogP contribution is 2.65. The quantitative estimate of drug-likeness (QED) is 0.162. The highest BCUT2D eigenvalue weighted by atomic mass is 32.3. The minimum absolute atomic E-state index is 0.409. The van der Waals surface area contributed by atoms with Gasteiger partial charge < -0.3 is 10.2 Å². The van der Waals surface area contributed by atoms with E-state index in [4.69, 9.17) is 0 Å². The lowest BCUT2D eigenvalue weighted by Crippen LogP contribution is -2.75. The van der Waals surface area contributed by atoms with E-state index in [1.165, 1.54) is 6.07 Å². The number of ketones is 1. The summed E-state index contributed by atoms with van der Waals surface area (Å²) in [5, 5.41) is 10.4. The molecule has 0 radical (unpaired) electrons. The molecular weight excluding hydrogens is 723 g/mol. The lowest BCUT2D eigenvalue weighted by molar-refractivity contribution is -0.458. The molecule has 0 amide bonds. The van der Waals surface area contributed by atoms with Crippen LogP contribution in [0.3, 0.4) is 0 Å². The van der Waals surface area contributed by atoms with Crippen molar-refractivity contribution in [1.29, 1.82) is 0 Å². The molecule has 1 rings (SSSR count). The number of hydrogen-bond donors (Lipinski definition) is 2. The molecule has 45 heavy (non-hydrogen) atoms. The molecule has 1 aromatic rings. The first kappa shape index (κ1) is 40.9. The van der Waals surface area contributed by atoms with Crippen LogP contribution in [0.2, 0.25) is 0 Å². The molecule has 2 N–H and O–H groups in total. The van der Waals surface area contributed by atoms with E-state index in [-0.39, 0.29) is 0 Å². The van der Waals surface area contributed by atoms with Gasteiger partial charge in [-0.3, -0.25) is 4.79 Å². The lowest BCUT2D eigenvalue weighted by atomic mass is 9.91. The van der Waals surface area contributed by atoms with Crippen LogP contribution in [-0.2, 0) is 13.7 Å². The fourth-order valence-electron chi connectivity index (χ4n) is 3.16. The van der Waals surface area contributed by atoms with Crippen molar-refractivity contribution in [3.8, 4) is 0 Å². The van der Waals surface area contributed by atoms with Crippen LogP contribution in [0.1, 0.15) is 10.4 Å². The van der Waals surface area contributed by atoms with Gasteiger partial charge in [-0.1, -0.05) is 30.3 Å². The highest BCUT2D eigenvalue weighted by molar-refractivity contribution is 8.33. The van der Waals surface area contributed by atoms with E-state index >= 15 is 0 Å². The summed E-state index contributed by atoms with van der Waals surface area (Å²) in [6, 6.07) is 5.55. The molecule has 0 atom stereocenters. The minimum atomic E-state index is -9.02. The first-order valence-electron chi connectivity index (χ1n) is 11.1. The highest BCUT2D eigenvalue weighted by Gasteiger charge is 2.96. The number of halogens is 17. The van der Waals surface area contributed by atoms with Crippen LogP contribution in [0.25, 0.3) is 0 Å². The summed E-state index contributed by atoms with van der Waals surface area (Å²) in [5.74, 6) is -58.2. The molecule has 0 spiro atoms. The molecule has 6 nitrogen and oxygen atoms in total. The number of Topliss-reactive ketones (excluding diaryl/α,β-unsaturated/α-hetero) is 1. The van der Waals surface area contributed by atoms with E-state index in [2.05, 4.69) is 3.63 Å². The predicted octanol–water partition coefficient (Wildman–Crippen LogP) is 5.89. The van der Waals surface area contributed by atoms with Crippen molar-refractivity contribution < 1.29 is 102 Å². The van der Waals surface area contributed by atoms with Gasteiger partial charge >= 0.3 is 57.1 Å². The fraction of sp³-hybridized carbons (Fsp3) is 0.650. The molecule has 264 valence electrons. The van der Waals surface area contributed by atoms with E-state index in [0.29, 0.717) is 0 Å².